The van der Waals surface area contributed by atoms with Crippen molar-refractivity contribution in [2.75, 3.05) is 26.7 Å². The van der Waals surface area contributed by atoms with Crippen LogP contribution in [-0.2, 0) is 9.53 Å². The van der Waals surface area contributed by atoms with Crippen LogP contribution in [0.5, 0.6) is 0 Å². The lowest BCUT2D eigenvalue weighted by Gasteiger charge is -2.31. The summed E-state index contributed by atoms with van der Waals surface area (Å²) in [4.78, 5) is 13.7. The summed E-state index contributed by atoms with van der Waals surface area (Å²) < 4.78 is 71.5. The fraction of sp³-hybridized carbons (Fsp3) is 0.500. The molecule has 0 spiro atoms. The first-order chi connectivity index (χ1) is 10.7. The Labute approximate surface area is 129 Å². The summed E-state index contributed by atoms with van der Waals surface area (Å²) in [6, 6.07) is -0.219. The number of hydrogen-bond acceptors (Lipinski definition) is 3. The molecule has 23 heavy (non-hydrogen) atoms. The van der Waals surface area contributed by atoms with E-state index < -0.39 is 41.4 Å². The number of hydrogen-bond donors (Lipinski definition) is 1. The molecule has 1 fully saturated rings. The van der Waals surface area contributed by atoms with Crippen molar-refractivity contribution >= 4 is 5.91 Å². The van der Waals surface area contributed by atoms with E-state index in [0.29, 0.717) is 12.6 Å². The number of ether oxygens (including phenoxy) is 1. The Morgan fingerprint density at radius 1 is 1.39 bits per heavy atom. The number of likely N-dealkylation sites (N-methyl/N-ethyl adjacent to an activating group) is 1. The number of carbonyl (C=O) groups excluding carboxylic acids is 1. The minimum atomic E-state index is -4.98. The molecule has 1 aliphatic heterocycles. The van der Waals surface area contributed by atoms with Crippen LogP contribution >= 0.6 is 0 Å². The fourth-order valence-corrected chi connectivity index (χ4v) is 2.25. The molecule has 9 heteroatoms. The van der Waals surface area contributed by atoms with Crippen molar-refractivity contribution in [3.05, 3.63) is 35.4 Å². The number of amides is 1. The number of rotatable bonds is 3. The minimum Gasteiger partial charge on any atom is -0.366 e. The number of carbonyl (C=O) groups is 1. The van der Waals surface area contributed by atoms with Gasteiger partial charge in [0.2, 0.25) is 0 Å². The highest BCUT2D eigenvalue weighted by Gasteiger charge is 2.44. The monoisotopic (exact) mass is 338 g/mol. The third-order valence-corrected chi connectivity index (χ3v) is 3.47. The molecule has 1 aromatic carbocycles. The second-order valence-electron chi connectivity index (χ2n) is 5.25. The van der Waals surface area contributed by atoms with Gasteiger partial charge in [-0.15, -0.1) is 0 Å². The summed E-state index contributed by atoms with van der Waals surface area (Å²) in [7, 11) is 1.69. The molecule has 1 heterocycles. The van der Waals surface area contributed by atoms with E-state index in [0.717, 1.165) is 12.1 Å². The molecule has 2 unspecified atom stereocenters. The average Bonchev–Trinajstić information content (AvgIpc) is 2.46. The van der Waals surface area contributed by atoms with E-state index in [9.17, 15) is 26.7 Å². The molecule has 1 amide bonds. The van der Waals surface area contributed by atoms with Crippen LogP contribution in [0.1, 0.15) is 11.6 Å². The highest BCUT2D eigenvalue weighted by atomic mass is 19.4. The molecule has 1 N–H and O–H groups in total. The zero-order chi connectivity index (χ0) is 17.2. The van der Waals surface area contributed by atoms with Gasteiger partial charge in [-0.05, 0) is 13.1 Å². The van der Waals surface area contributed by atoms with Crippen LogP contribution in [0.25, 0.3) is 0 Å². The van der Waals surface area contributed by atoms with Crippen LogP contribution < -0.4 is 5.32 Å². The Hall–Kier alpha value is -1.74. The van der Waals surface area contributed by atoms with Gasteiger partial charge in [-0.2, -0.15) is 13.2 Å². The molecule has 0 aromatic heterocycles. The number of alkyl halides is 3. The van der Waals surface area contributed by atoms with Crippen LogP contribution in [0.2, 0.25) is 0 Å². The highest BCUT2D eigenvalue weighted by Crippen LogP contribution is 2.34. The lowest BCUT2D eigenvalue weighted by atomic mass is 10.0. The predicted molar refractivity (Wildman–Crippen MR) is 70.5 cm³/mol. The van der Waals surface area contributed by atoms with Gasteiger partial charge in [-0.1, -0.05) is 12.1 Å². The Kier molecular flexibility index (Phi) is 5.20. The smallest absolute Gasteiger partial charge is 0.366 e. The summed E-state index contributed by atoms with van der Waals surface area (Å²) in [5, 5.41) is 1.71. The zero-order valence-corrected chi connectivity index (χ0v) is 12.2. The third-order valence-electron chi connectivity index (χ3n) is 3.47. The first-order valence-corrected chi connectivity index (χ1v) is 6.81. The predicted octanol–water partition coefficient (Wildman–Crippen LogP) is 2.01. The van der Waals surface area contributed by atoms with Gasteiger partial charge in [-0.25, -0.2) is 8.78 Å². The Balaban J connectivity index is 2.23. The summed E-state index contributed by atoms with van der Waals surface area (Å²) in [5.74, 6) is -4.08. The maximum atomic E-state index is 13.7. The molecule has 1 saturated heterocycles. The lowest BCUT2D eigenvalue weighted by molar-refractivity contribution is -0.169. The fourth-order valence-electron chi connectivity index (χ4n) is 2.25. The second-order valence-corrected chi connectivity index (χ2v) is 5.25. The van der Waals surface area contributed by atoms with Crippen molar-refractivity contribution in [2.45, 2.75) is 18.3 Å². The molecule has 0 bridgehead atoms. The maximum absolute atomic E-state index is 13.7. The van der Waals surface area contributed by atoms with E-state index in [4.69, 9.17) is 4.74 Å². The van der Waals surface area contributed by atoms with E-state index in [2.05, 4.69) is 0 Å². The lowest BCUT2D eigenvalue weighted by Crippen LogP contribution is -2.51. The molecule has 0 aliphatic carbocycles. The van der Waals surface area contributed by atoms with E-state index in [1.165, 1.54) is 0 Å². The van der Waals surface area contributed by atoms with E-state index in [1.807, 2.05) is 0 Å². The van der Waals surface area contributed by atoms with Gasteiger partial charge in [0.05, 0.1) is 6.61 Å². The number of halogens is 5. The molecular formula is C14H15F5N2O2. The topological polar surface area (TPSA) is 41.6 Å². The molecule has 4 nitrogen and oxygen atoms in total. The molecular weight excluding hydrogens is 323 g/mol. The minimum absolute atomic E-state index is 0.113. The van der Waals surface area contributed by atoms with Gasteiger partial charge in [0.1, 0.15) is 6.10 Å². The zero-order valence-electron chi connectivity index (χ0n) is 12.2. The number of nitrogens with zero attached hydrogens (tertiary/aromatic N) is 1. The van der Waals surface area contributed by atoms with Crippen molar-refractivity contribution in [3.63, 3.8) is 0 Å². The number of morpholine rings is 1. The van der Waals surface area contributed by atoms with Gasteiger partial charge in [0.15, 0.2) is 17.7 Å². The van der Waals surface area contributed by atoms with E-state index in [-0.39, 0.29) is 13.2 Å². The van der Waals surface area contributed by atoms with Gasteiger partial charge in [-0.3, -0.25) is 4.79 Å². The van der Waals surface area contributed by atoms with E-state index in [1.54, 1.807) is 17.3 Å². The molecule has 0 radical (unpaired) electrons. The molecule has 0 saturated carbocycles. The van der Waals surface area contributed by atoms with Gasteiger partial charge < -0.3 is 15.0 Å². The van der Waals surface area contributed by atoms with Crippen LogP contribution in [-0.4, -0.2) is 49.8 Å². The molecule has 1 aliphatic rings. The Morgan fingerprint density at radius 2 is 2.09 bits per heavy atom. The molecule has 2 atom stereocenters. The van der Waals surface area contributed by atoms with Crippen molar-refractivity contribution in [3.8, 4) is 0 Å². The normalized spacial score (nSPS) is 21.0. The third kappa shape index (κ3) is 4.17. The van der Waals surface area contributed by atoms with Crippen molar-refractivity contribution in [2.24, 2.45) is 0 Å². The Bertz CT molecular complexity index is 579. The molecule has 2 rings (SSSR count). The maximum Gasteiger partial charge on any atom is 0.412 e. The van der Waals surface area contributed by atoms with Crippen molar-refractivity contribution < 1.29 is 31.5 Å². The summed E-state index contributed by atoms with van der Waals surface area (Å²) >= 11 is 0. The van der Waals surface area contributed by atoms with Crippen LogP contribution in [0.15, 0.2) is 18.2 Å². The summed E-state index contributed by atoms with van der Waals surface area (Å²) in [6.45, 7) is 0.854. The molecule has 1 aromatic rings. The number of benzene rings is 1. The quantitative estimate of drug-likeness (QED) is 0.858. The molecule has 128 valence electrons. The highest BCUT2D eigenvalue weighted by molar-refractivity contribution is 5.81. The van der Waals surface area contributed by atoms with Crippen LogP contribution in [0, 0.1) is 11.6 Å². The second kappa shape index (κ2) is 6.79. The van der Waals surface area contributed by atoms with Gasteiger partial charge in [0, 0.05) is 18.7 Å². The standard InChI is InChI=1S/C14H15F5N2O2/c1-21-5-6-23-10(7-21)13(22)20-12(14(17,18)19)8-3-2-4-9(15)11(8)16/h2-4,10,12H,5-7H2,1H3,(H,20,22). The van der Waals surface area contributed by atoms with Crippen LogP contribution in [0.3, 0.4) is 0 Å². The average molecular weight is 338 g/mol. The van der Waals surface area contributed by atoms with Crippen molar-refractivity contribution in [1.29, 1.82) is 0 Å². The first-order valence-electron chi connectivity index (χ1n) is 6.81. The largest absolute Gasteiger partial charge is 0.412 e. The number of nitrogens with one attached hydrogen (secondary N) is 1. The summed E-state index contributed by atoms with van der Waals surface area (Å²) in [5.41, 5.74) is -0.977. The van der Waals surface area contributed by atoms with Crippen molar-refractivity contribution in [1.82, 2.24) is 10.2 Å². The Morgan fingerprint density at radius 3 is 2.70 bits per heavy atom. The first kappa shape index (κ1) is 17.6. The van der Waals surface area contributed by atoms with E-state index >= 15 is 0 Å². The van der Waals surface area contributed by atoms with Gasteiger partial charge >= 0.3 is 6.18 Å². The summed E-state index contributed by atoms with van der Waals surface area (Å²) in [6.07, 6.45) is -6.08. The van der Waals surface area contributed by atoms with Crippen LogP contribution in [0.4, 0.5) is 22.0 Å². The van der Waals surface area contributed by atoms with Gasteiger partial charge in [0.25, 0.3) is 5.91 Å². The SMILES string of the molecule is CN1CCOC(C(=O)NC(c2cccc(F)c2F)C(F)(F)F)C1.